The van der Waals surface area contributed by atoms with Gasteiger partial charge in [0.15, 0.2) is 6.10 Å². The van der Waals surface area contributed by atoms with Gasteiger partial charge in [-0.25, -0.2) is 5.43 Å². The summed E-state index contributed by atoms with van der Waals surface area (Å²) in [6, 6.07) is 10.4. The number of amides is 1. The first kappa shape index (κ1) is 15.0. The van der Waals surface area contributed by atoms with E-state index in [0.717, 1.165) is 5.56 Å². The maximum Gasteiger partial charge on any atom is 0.280 e. The largest absolute Gasteiger partial charge is 0.481 e. The van der Waals surface area contributed by atoms with Gasteiger partial charge in [0, 0.05) is 17.4 Å². The lowest BCUT2D eigenvalue weighted by Gasteiger charge is -2.12. The number of rotatable bonds is 5. The average Bonchev–Trinajstić information content (AvgIpc) is 2.50. The van der Waals surface area contributed by atoms with Crippen molar-refractivity contribution in [2.75, 3.05) is 0 Å². The fraction of sp³-hybridized carbons (Fsp3) is 0.133. The highest BCUT2D eigenvalue weighted by Gasteiger charge is 2.13. The first-order chi connectivity index (χ1) is 10.1. The van der Waals surface area contributed by atoms with Gasteiger partial charge in [-0.05, 0) is 48.9 Å². The molecule has 0 radical (unpaired) electrons. The molecule has 1 heterocycles. The Balaban J connectivity index is 1.85. The van der Waals surface area contributed by atoms with Crippen molar-refractivity contribution in [1.82, 2.24) is 10.4 Å². The van der Waals surface area contributed by atoms with Gasteiger partial charge in [0.25, 0.3) is 5.91 Å². The van der Waals surface area contributed by atoms with E-state index in [2.05, 4.69) is 15.5 Å². The van der Waals surface area contributed by atoms with Crippen molar-refractivity contribution in [3.05, 3.63) is 59.4 Å². The molecule has 2 aromatic rings. The van der Waals surface area contributed by atoms with Gasteiger partial charge in [-0.15, -0.1) is 0 Å². The molecular weight excluding hydrogens is 290 g/mol. The molecule has 1 aromatic heterocycles. The van der Waals surface area contributed by atoms with Crippen LogP contribution < -0.4 is 10.2 Å². The van der Waals surface area contributed by atoms with E-state index in [9.17, 15) is 4.79 Å². The number of aromatic nitrogens is 1. The number of nitrogens with zero attached hydrogens (tertiary/aromatic N) is 2. The molecule has 1 amide bonds. The minimum atomic E-state index is -0.666. The predicted octanol–water partition coefficient (Wildman–Crippen LogP) is 2.65. The molecule has 0 saturated heterocycles. The molecule has 21 heavy (non-hydrogen) atoms. The van der Waals surface area contributed by atoms with Crippen LogP contribution in [-0.4, -0.2) is 23.2 Å². The number of pyridine rings is 1. The lowest BCUT2D eigenvalue weighted by molar-refractivity contribution is -0.127. The summed E-state index contributed by atoms with van der Waals surface area (Å²) in [5, 5.41) is 4.48. The maximum atomic E-state index is 11.8. The van der Waals surface area contributed by atoms with E-state index in [1.807, 2.05) is 0 Å². The van der Waals surface area contributed by atoms with Crippen LogP contribution >= 0.6 is 11.6 Å². The topological polar surface area (TPSA) is 63.6 Å². The summed E-state index contributed by atoms with van der Waals surface area (Å²) in [7, 11) is 0. The quantitative estimate of drug-likeness (QED) is 0.682. The fourth-order valence-electron chi connectivity index (χ4n) is 1.48. The zero-order chi connectivity index (χ0) is 15.1. The SMILES string of the molecule is CC(Oc1ccc(Cl)cc1)C(=O)N/N=C\c1ccncc1. The highest BCUT2D eigenvalue weighted by atomic mass is 35.5. The molecule has 0 saturated carbocycles. The third-order valence-electron chi connectivity index (χ3n) is 2.59. The van der Waals surface area contributed by atoms with E-state index in [4.69, 9.17) is 16.3 Å². The molecule has 1 unspecified atom stereocenters. The van der Waals surface area contributed by atoms with Crippen LogP contribution in [0.3, 0.4) is 0 Å². The number of ether oxygens (including phenoxy) is 1. The minimum Gasteiger partial charge on any atom is -0.481 e. The van der Waals surface area contributed by atoms with Crippen LogP contribution in [-0.2, 0) is 4.79 Å². The molecule has 0 fully saturated rings. The molecule has 108 valence electrons. The van der Waals surface area contributed by atoms with Crippen molar-refractivity contribution < 1.29 is 9.53 Å². The van der Waals surface area contributed by atoms with Gasteiger partial charge >= 0.3 is 0 Å². The molecule has 1 atom stereocenters. The van der Waals surface area contributed by atoms with Gasteiger partial charge in [0.1, 0.15) is 5.75 Å². The molecule has 0 spiro atoms. The molecule has 0 bridgehead atoms. The highest BCUT2D eigenvalue weighted by Crippen LogP contribution is 2.16. The lowest BCUT2D eigenvalue weighted by atomic mass is 10.3. The summed E-state index contributed by atoms with van der Waals surface area (Å²) in [6.45, 7) is 1.64. The molecule has 1 N–H and O–H groups in total. The van der Waals surface area contributed by atoms with Crippen LogP contribution in [0.15, 0.2) is 53.9 Å². The molecule has 0 aliphatic carbocycles. The molecular formula is C15H14ClN3O2. The first-order valence-corrected chi connectivity index (χ1v) is 6.68. The second-order valence-electron chi connectivity index (χ2n) is 4.23. The van der Waals surface area contributed by atoms with Crippen molar-refractivity contribution in [2.45, 2.75) is 13.0 Å². The van der Waals surface area contributed by atoms with Gasteiger partial charge in [-0.3, -0.25) is 9.78 Å². The summed E-state index contributed by atoms with van der Waals surface area (Å²) in [5.74, 6) is 0.232. The van der Waals surface area contributed by atoms with Gasteiger partial charge < -0.3 is 4.74 Å². The molecule has 6 heteroatoms. The molecule has 2 rings (SSSR count). The van der Waals surface area contributed by atoms with E-state index in [-0.39, 0.29) is 5.91 Å². The Morgan fingerprint density at radius 3 is 2.62 bits per heavy atom. The smallest absolute Gasteiger partial charge is 0.280 e. The van der Waals surface area contributed by atoms with Crippen molar-refractivity contribution in [3.63, 3.8) is 0 Å². The van der Waals surface area contributed by atoms with Crippen LogP contribution in [0.4, 0.5) is 0 Å². The van der Waals surface area contributed by atoms with Crippen LogP contribution in [0.5, 0.6) is 5.75 Å². The Labute approximate surface area is 127 Å². The maximum absolute atomic E-state index is 11.8. The van der Waals surface area contributed by atoms with Crippen LogP contribution in [0, 0.1) is 0 Å². The lowest BCUT2D eigenvalue weighted by Crippen LogP contribution is -2.33. The minimum absolute atomic E-state index is 0.338. The summed E-state index contributed by atoms with van der Waals surface area (Å²) < 4.78 is 5.48. The number of hydrogen-bond acceptors (Lipinski definition) is 4. The van der Waals surface area contributed by atoms with Crippen molar-refractivity contribution in [2.24, 2.45) is 5.10 Å². The highest BCUT2D eigenvalue weighted by molar-refractivity contribution is 6.30. The summed E-state index contributed by atoms with van der Waals surface area (Å²) in [5.41, 5.74) is 3.27. The van der Waals surface area contributed by atoms with Crippen LogP contribution in [0.2, 0.25) is 5.02 Å². The van der Waals surface area contributed by atoms with E-state index in [1.54, 1.807) is 55.7 Å². The fourth-order valence-corrected chi connectivity index (χ4v) is 1.61. The van der Waals surface area contributed by atoms with E-state index < -0.39 is 6.10 Å². The molecule has 5 nitrogen and oxygen atoms in total. The average molecular weight is 304 g/mol. The monoisotopic (exact) mass is 303 g/mol. The molecule has 1 aromatic carbocycles. The number of carbonyl (C=O) groups is 1. The van der Waals surface area contributed by atoms with Gasteiger partial charge in [0.2, 0.25) is 0 Å². The number of halogens is 1. The Morgan fingerprint density at radius 1 is 1.29 bits per heavy atom. The summed E-state index contributed by atoms with van der Waals surface area (Å²) >= 11 is 5.78. The number of hydrazone groups is 1. The van der Waals surface area contributed by atoms with Crippen LogP contribution in [0.1, 0.15) is 12.5 Å². The Hall–Kier alpha value is -2.40. The van der Waals surface area contributed by atoms with Crippen molar-refractivity contribution in [1.29, 1.82) is 0 Å². The molecule has 0 aliphatic rings. The Kier molecular flexibility index (Phi) is 5.29. The number of nitrogens with one attached hydrogen (secondary N) is 1. The first-order valence-electron chi connectivity index (χ1n) is 6.30. The standard InChI is InChI=1S/C15H14ClN3O2/c1-11(21-14-4-2-13(16)3-5-14)15(20)19-18-10-12-6-8-17-9-7-12/h2-11H,1H3,(H,19,20)/b18-10-. The van der Waals surface area contributed by atoms with Gasteiger partial charge in [0.05, 0.1) is 6.21 Å². The third kappa shape index (κ3) is 4.89. The number of benzene rings is 1. The second kappa shape index (κ2) is 7.40. The van der Waals surface area contributed by atoms with E-state index in [0.29, 0.717) is 10.8 Å². The van der Waals surface area contributed by atoms with Gasteiger partial charge in [-0.2, -0.15) is 5.10 Å². The zero-order valence-electron chi connectivity index (χ0n) is 11.4. The van der Waals surface area contributed by atoms with Gasteiger partial charge in [-0.1, -0.05) is 11.6 Å². The second-order valence-corrected chi connectivity index (χ2v) is 4.67. The Bertz CT molecular complexity index is 615. The van der Waals surface area contributed by atoms with Crippen molar-refractivity contribution >= 4 is 23.7 Å². The predicted molar refractivity (Wildman–Crippen MR) is 81.5 cm³/mol. The number of hydrogen-bond donors (Lipinski definition) is 1. The van der Waals surface area contributed by atoms with E-state index in [1.165, 1.54) is 6.21 Å². The van der Waals surface area contributed by atoms with Crippen LogP contribution in [0.25, 0.3) is 0 Å². The Morgan fingerprint density at radius 2 is 1.95 bits per heavy atom. The number of carbonyl (C=O) groups excluding carboxylic acids is 1. The van der Waals surface area contributed by atoms with Crippen molar-refractivity contribution in [3.8, 4) is 5.75 Å². The summed E-state index contributed by atoms with van der Waals surface area (Å²) in [4.78, 5) is 15.7. The third-order valence-corrected chi connectivity index (χ3v) is 2.84. The van der Waals surface area contributed by atoms with E-state index >= 15 is 0 Å². The molecule has 0 aliphatic heterocycles. The summed E-state index contributed by atoms with van der Waals surface area (Å²) in [6.07, 6.45) is 4.17. The normalized spacial score (nSPS) is 12.1. The zero-order valence-corrected chi connectivity index (χ0v) is 12.1.